The van der Waals surface area contributed by atoms with E-state index < -0.39 is 12.3 Å². The molecular formula is C21H16ClF3N4O3. The molecule has 32 heavy (non-hydrogen) atoms. The molecule has 1 fully saturated rings. The fraction of sp³-hybridized carbons (Fsp3) is 0.190. The number of rotatable bonds is 5. The molecule has 0 aliphatic carbocycles. The van der Waals surface area contributed by atoms with Crippen molar-refractivity contribution >= 4 is 29.2 Å². The van der Waals surface area contributed by atoms with E-state index in [4.69, 9.17) is 11.6 Å². The molecular weight excluding hydrogens is 449 g/mol. The van der Waals surface area contributed by atoms with Crippen LogP contribution in [0, 0.1) is 5.92 Å². The highest BCUT2D eigenvalue weighted by atomic mass is 35.5. The van der Waals surface area contributed by atoms with Crippen LogP contribution < -0.4 is 15.4 Å². The summed E-state index contributed by atoms with van der Waals surface area (Å²) in [4.78, 5) is 23.9. The molecule has 1 aliphatic rings. The van der Waals surface area contributed by atoms with Crippen molar-refractivity contribution in [2.24, 2.45) is 5.92 Å². The van der Waals surface area contributed by atoms with Gasteiger partial charge in [-0.05, 0) is 36.4 Å². The molecule has 3 aromatic rings. The Kier molecular flexibility index (Phi) is 5.79. The van der Waals surface area contributed by atoms with Crippen LogP contribution in [-0.2, 0) is 9.59 Å². The summed E-state index contributed by atoms with van der Waals surface area (Å²) >= 11 is 5.95. The van der Waals surface area contributed by atoms with Gasteiger partial charge in [-0.2, -0.15) is 0 Å². The summed E-state index contributed by atoms with van der Waals surface area (Å²) in [5, 5.41) is 10.1. The molecule has 2 aromatic carbocycles. The van der Waals surface area contributed by atoms with Crippen molar-refractivity contribution in [2.75, 3.05) is 11.9 Å². The van der Waals surface area contributed by atoms with Gasteiger partial charge in [0.25, 0.3) is 0 Å². The molecule has 0 bridgehead atoms. The molecule has 2 heterocycles. The van der Waals surface area contributed by atoms with E-state index in [2.05, 4.69) is 20.5 Å². The van der Waals surface area contributed by atoms with Gasteiger partial charge in [0.1, 0.15) is 5.75 Å². The minimum atomic E-state index is -4.83. The van der Waals surface area contributed by atoms with Gasteiger partial charge in [0.05, 0.1) is 17.3 Å². The van der Waals surface area contributed by atoms with Crippen LogP contribution in [0.2, 0.25) is 5.02 Å². The van der Waals surface area contributed by atoms with Crippen molar-refractivity contribution in [3.05, 3.63) is 59.6 Å². The molecule has 0 radical (unpaired) electrons. The Hall–Kier alpha value is -3.53. The first kappa shape index (κ1) is 21.7. The van der Waals surface area contributed by atoms with E-state index in [1.54, 1.807) is 30.3 Å². The molecule has 1 atom stereocenters. The number of halogens is 4. The summed E-state index contributed by atoms with van der Waals surface area (Å²) in [5.41, 5.74) is 1.37. The average molecular weight is 465 g/mol. The predicted molar refractivity (Wildman–Crippen MR) is 110 cm³/mol. The van der Waals surface area contributed by atoms with Gasteiger partial charge >= 0.3 is 6.36 Å². The van der Waals surface area contributed by atoms with Gasteiger partial charge < -0.3 is 15.4 Å². The number of nitrogens with one attached hydrogen (secondary N) is 2. The lowest BCUT2D eigenvalue weighted by atomic mass is 10.1. The monoisotopic (exact) mass is 464 g/mol. The molecule has 1 aliphatic heterocycles. The number of aromatic nitrogens is 2. The normalized spacial score (nSPS) is 16.0. The maximum absolute atomic E-state index is 12.7. The lowest BCUT2D eigenvalue weighted by Gasteiger charge is -2.11. The maximum Gasteiger partial charge on any atom is 0.573 e. The Bertz CT molecular complexity index is 1160. The van der Waals surface area contributed by atoms with Gasteiger partial charge in [0, 0.05) is 29.6 Å². The van der Waals surface area contributed by atoms with Crippen molar-refractivity contribution in [2.45, 2.75) is 12.8 Å². The lowest BCUT2D eigenvalue weighted by Crippen LogP contribution is -2.24. The van der Waals surface area contributed by atoms with Crippen LogP contribution in [0.3, 0.4) is 0 Å². The van der Waals surface area contributed by atoms with Crippen LogP contribution in [-0.4, -0.2) is 34.5 Å². The average Bonchev–Trinajstić information content (AvgIpc) is 3.34. The smallest absolute Gasteiger partial charge is 0.406 e. The summed E-state index contributed by atoms with van der Waals surface area (Å²) in [5.74, 6) is -1.33. The van der Waals surface area contributed by atoms with E-state index in [9.17, 15) is 22.8 Å². The van der Waals surface area contributed by atoms with Crippen molar-refractivity contribution in [1.82, 2.24) is 15.1 Å². The van der Waals surface area contributed by atoms with Crippen LogP contribution in [0.5, 0.6) is 5.75 Å². The molecule has 2 amide bonds. The zero-order valence-corrected chi connectivity index (χ0v) is 17.1. The second-order valence-electron chi connectivity index (χ2n) is 7.07. The van der Waals surface area contributed by atoms with E-state index >= 15 is 0 Å². The Labute approximate surface area is 185 Å². The minimum absolute atomic E-state index is 0.0768. The summed E-state index contributed by atoms with van der Waals surface area (Å²) in [6, 6.07) is 13.6. The number of nitrogens with zero attached hydrogens (tertiary/aromatic N) is 2. The van der Waals surface area contributed by atoms with Gasteiger partial charge in [-0.15, -0.1) is 18.3 Å². The molecule has 0 spiro atoms. The van der Waals surface area contributed by atoms with Gasteiger partial charge in [0.2, 0.25) is 11.8 Å². The minimum Gasteiger partial charge on any atom is -0.406 e. The molecule has 7 nitrogen and oxygen atoms in total. The van der Waals surface area contributed by atoms with Crippen molar-refractivity contribution < 1.29 is 27.5 Å². The standard InChI is InChI=1S/C21H16ClF3N4O3/c22-14-4-6-15(7-5-14)29-17(12-2-1-3-16(8-12)32-21(23,24)25)10-18(28-29)27-20(31)13-9-19(30)26-11-13/h1-8,10,13H,9,11H2,(H,26,30)(H,27,28,31)/t13-/m0/s1. The van der Waals surface area contributed by atoms with E-state index in [1.165, 1.54) is 28.9 Å². The number of anilines is 1. The van der Waals surface area contributed by atoms with Gasteiger partial charge in [-0.3, -0.25) is 9.59 Å². The van der Waals surface area contributed by atoms with E-state index in [0.717, 1.165) is 0 Å². The summed E-state index contributed by atoms with van der Waals surface area (Å²) < 4.78 is 43.4. The first-order chi connectivity index (χ1) is 15.2. The third-order valence-corrected chi connectivity index (χ3v) is 5.00. The van der Waals surface area contributed by atoms with Gasteiger partial charge in [0.15, 0.2) is 5.82 Å². The maximum atomic E-state index is 12.7. The highest BCUT2D eigenvalue weighted by Crippen LogP contribution is 2.31. The molecule has 4 rings (SSSR count). The van der Waals surface area contributed by atoms with E-state index in [-0.39, 0.29) is 36.3 Å². The number of benzene rings is 2. The SMILES string of the molecule is O=C1C[C@H](C(=O)Nc2cc(-c3cccc(OC(F)(F)F)c3)n(-c3ccc(Cl)cc3)n2)CN1. The van der Waals surface area contributed by atoms with Gasteiger partial charge in [-0.1, -0.05) is 23.7 Å². The van der Waals surface area contributed by atoms with Crippen molar-refractivity contribution in [1.29, 1.82) is 0 Å². The number of ether oxygens (including phenoxy) is 1. The summed E-state index contributed by atoms with van der Waals surface area (Å²) in [6.07, 6.45) is -4.76. The van der Waals surface area contributed by atoms with E-state index in [1.807, 2.05) is 0 Å². The number of carbonyl (C=O) groups is 2. The number of hydrogen-bond acceptors (Lipinski definition) is 4. The molecule has 1 aromatic heterocycles. The first-order valence-corrected chi connectivity index (χ1v) is 9.85. The predicted octanol–water partition coefficient (Wildman–Crippen LogP) is 4.17. The van der Waals surface area contributed by atoms with Crippen LogP contribution in [0.4, 0.5) is 19.0 Å². The van der Waals surface area contributed by atoms with Crippen LogP contribution in [0.25, 0.3) is 16.9 Å². The van der Waals surface area contributed by atoms with Crippen molar-refractivity contribution in [3.8, 4) is 22.7 Å². The topological polar surface area (TPSA) is 85.2 Å². The van der Waals surface area contributed by atoms with Crippen LogP contribution in [0.15, 0.2) is 54.6 Å². The van der Waals surface area contributed by atoms with E-state index in [0.29, 0.717) is 22.0 Å². The molecule has 166 valence electrons. The third-order valence-electron chi connectivity index (χ3n) is 4.74. The van der Waals surface area contributed by atoms with Crippen molar-refractivity contribution in [3.63, 3.8) is 0 Å². The third kappa shape index (κ3) is 5.02. The summed E-state index contributed by atoms with van der Waals surface area (Å²) in [7, 11) is 0. The highest BCUT2D eigenvalue weighted by Gasteiger charge is 2.31. The molecule has 1 saturated heterocycles. The van der Waals surface area contributed by atoms with Crippen LogP contribution in [0.1, 0.15) is 6.42 Å². The number of amides is 2. The second-order valence-corrected chi connectivity index (χ2v) is 7.51. The molecule has 0 saturated carbocycles. The quantitative estimate of drug-likeness (QED) is 0.593. The summed E-state index contributed by atoms with van der Waals surface area (Å²) in [6.45, 7) is 0.228. The number of hydrogen-bond donors (Lipinski definition) is 2. The Morgan fingerprint density at radius 1 is 1.19 bits per heavy atom. The Morgan fingerprint density at radius 3 is 2.59 bits per heavy atom. The molecule has 2 N–H and O–H groups in total. The molecule has 0 unspecified atom stereocenters. The zero-order chi connectivity index (χ0) is 22.9. The Morgan fingerprint density at radius 2 is 1.94 bits per heavy atom. The Balaban J connectivity index is 1.70. The fourth-order valence-corrected chi connectivity index (χ4v) is 3.42. The second kappa shape index (κ2) is 8.54. The highest BCUT2D eigenvalue weighted by molar-refractivity contribution is 6.30. The van der Waals surface area contributed by atoms with Crippen LogP contribution >= 0.6 is 11.6 Å². The number of alkyl halides is 3. The lowest BCUT2D eigenvalue weighted by molar-refractivity contribution is -0.274. The zero-order valence-electron chi connectivity index (χ0n) is 16.3. The number of carbonyl (C=O) groups excluding carboxylic acids is 2. The first-order valence-electron chi connectivity index (χ1n) is 9.48. The largest absolute Gasteiger partial charge is 0.573 e. The fourth-order valence-electron chi connectivity index (χ4n) is 3.30. The molecule has 11 heteroatoms. The van der Waals surface area contributed by atoms with Gasteiger partial charge in [-0.25, -0.2) is 4.68 Å².